The third kappa shape index (κ3) is 2.42. The SMILES string of the molecule is CC(C)N1CCNC(=O)C1CCN. The molecule has 1 heterocycles. The molecule has 1 atom stereocenters. The van der Waals surface area contributed by atoms with Gasteiger partial charge in [-0.1, -0.05) is 0 Å². The molecule has 1 aliphatic heterocycles. The second-order valence-electron chi connectivity index (χ2n) is 3.72. The van der Waals surface area contributed by atoms with Crippen molar-refractivity contribution in [2.75, 3.05) is 19.6 Å². The summed E-state index contributed by atoms with van der Waals surface area (Å²) in [4.78, 5) is 13.7. The predicted octanol–water partition coefficient (Wildman–Crippen LogP) is -0.456. The normalized spacial score (nSPS) is 24.9. The summed E-state index contributed by atoms with van der Waals surface area (Å²) in [5.41, 5.74) is 5.48. The Balaban J connectivity index is 2.62. The Labute approximate surface area is 79.5 Å². The van der Waals surface area contributed by atoms with Gasteiger partial charge in [0.2, 0.25) is 5.91 Å². The average Bonchev–Trinajstić information content (AvgIpc) is 2.08. The van der Waals surface area contributed by atoms with Crippen LogP contribution in [0.3, 0.4) is 0 Å². The summed E-state index contributed by atoms with van der Waals surface area (Å²) in [6.07, 6.45) is 0.754. The number of carbonyl (C=O) groups is 1. The molecule has 76 valence electrons. The van der Waals surface area contributed by atoms with E-state index < -0.39 is 0 Å². The lowest BCUT2D eigenvalue weighted by molar-refractivity contribution is -0.130. The van der Waals surface area contributed by atoms with E-state index in [-0.39, 0.29) is 11.9 Å². The predicted molar refractivity (Wildman–Crippen MR) is 52.3 cm³/mol. The standard InChI is InChI=1S/C9H19N3O/c1-7(2)12-6-5-11-9(13)8(12)3-4-10/h7-8H,3-6,10H2,1-2H3,(H,11,13). The smallest absolute Gasteiger partial charge is 0.237 e. The molecular formula is C9H19N3O. The topological polar surface area (TPSA) is 58.4 Å². The molecule has 0 bridgehead atoms. The van der Waals surface area contributed by atoms with Crippen LogP contribution in [0.15, 0.2) is 0 Å². The highest BCUT2D eigenvalue weighted by molar-refractivity contribution is 5.82. The molecule has 0 aliphatic carbocycles. The van der Waals surface area contributed by atoms with Gasteiger partial charge in [-0.2, -0.15) is 0 Å². The molecule has 1 fully saturated rings. The number of hydrogen-bond donors (Lipinski definition) is 2. The maximum atomic E-state index is 11.5. The number of nitrogens with one attached hydrogen (secondary N) is 1. The molecule has 1 saturated heterocycles. The van der Waals surface area contributed by atoms with Crippen molar-refractivity contribution in [1.29, 1.82) is 0 Å². The van der Waals surface area contributed by atoms with Crippen LogP contribution in [0.2, 0.25) is 0 Å². The maximum absolute atomic E-state index is 11.5. The van der Waals surface area contributed by atoms with Gasteiger partial charge in [0, 0.05) is 19.1 Å². The number of rotatable bonds is 3. The number of hydrogen-bond acceptors (Lipinski definition) is 3. The first-order valence-electron chi connectivity index (χ1n) is 4.90. The molecule has 1 rings (SSSR count). The summed E-state index contributed by atoms with van der Waals surface area (Å²) < 4.78 is 0. The molecular weight excluding hydrogens is 166 g/mol. The molecule has 13 heavy (non-hydrogen) atoms. The zero-order valence-electron chi connectivity index (χ0n) is 8.42. The Morgan fingerprint density at radius 3 is 2.92 bits per heavy atom. The third-order valence-corrected chi connectivity index (χ3v) is 2.48. The van der Waals surface area contributed by atoms with E-state index >= 15 is 0 Å². The van der Waals surface area contributed by atoms with Gasteiger partial charge in [-0.05, 0) is 26.8 Å². The Kier molecular flexibility index (Phi) is 3.69. The minimum absolute atomic E-state index is 0.0150. The first kappa shape index (κ1) is 10.5. The van der Waals surface area contributed by atoms with E-state index in [1.165, 1.54) is 0 Å². The molecule has 0 saturated carbocycles. The van der Waals surface area contributed by atoms with Gasteiger partial charge in [0.15, 0.2) is 0 Å². The van der Waals surface area contributed by atoms with Crippen LogP contribution in [-0.4, -0.2) is 42.5 Å². The Morgan fingerprint density at radius 2 is 2.38 bits per heavy atom. The first-order valence-corrected chi connectivity index (χ1v) is 4.90. The third-order valence-electron chi connectivity index (χ3n) is 2.48. The molecule has 0 radical (unpaired) electrons. The van der Waals surface area contributed by atoms with Gasteiger partial charge in [-0.25, -0.2) is 0 Å². The Morgan fingerprint density at radius 1 is 1.69 bits per heavy atom. The van der Waals surface area contributed by atoms with E-state index in [0.717, 1.165) is 19.5 Å². The lowest BCUT2D eigenvalue weighted by Gasteiger charge is -2.37. The molecule has 0 aromatic heterocycles. The summed E-state index contributed by atoms with van der Waals surface area (Å²) in [6, 6.07) is 0.404. The Bertz CT molecular complexity index is 182. The maximum Gasteiger partial charge on any atom is 0.237 e. The summed E-state index contributed by atoms with van der Waals surface area (Å²) in [7, 11) is 0. The Hall–Kier alpha value is -0.610. The molecule has 4 nitrogen and oxygen atoms in total. The lowest BCUT2D eigenvalue weighted by atomic mass is 10.1. The highest BCUT2D eigenvalue weighted by Gasteiger charge is 2.30. The zero-order valence-corrected chi connectivity index (χ0v) is 8.42. The van der Waals surface area contributed by atoms with E-state index in [4.69, 9.17) is 5.73 Å². The quantitative estimate of drug-likeness (QED) is 0.626. The van der Waals surface area contributed by atoms with Crippen LogP contribution in [0, 0.1) is 0 Å². The van der Waals surface area contributed by atoms with Crippen molar-refractivity contribution in [1.82, 2.24) is 10.2 Å². The summed E-state index contributed by atoms with van der Waals surface area (Å²) in [5.74, 6) is 0.130. The van der Waals surface area contributed by atoms with Gasteiger partial charge in [-0.3, -0.25) is 9.69 Å². The number of nitrogens with zero attached hydrogens (tertiary/aromatic N) is 1. The molecule has 4 heteroatoms. The van der Waals surface area contributed by atoms with Crippen LogP contribution < -0.4 is 11.1 Å². The fraction of sp³-hybridized carbons (Fsp3) is 0.889. The second-order valence-corrected chi connectivity index (χ2v) is 3.72. The highest BCUT2D eigenvalue weighted by Crippen LogP contribution is 2.11. The second kappa shape index (κ2) is 4.58. The molecule has 1 amide bonds. The largest absolute Gasteiger partial charge is 0.353 e. The van der Waals surface area contributed by atoms with Crippen LogP contribution in [0.5, 0.6) is 0 Å². The lowest BCUT2D eigenvalue weighted by Crippen LogP contribution is -2.57. The van der Waals surface area contributed by atoms with Crippen LogP contribution in [0.25, 0.3) is 0 Å². The van der Waals surface area contributed by atoms with Crippen LogP contribution in [-0.2, 0) is 4.79 Å². The van der Waals surface area contributed by atoms with Gasteiger partial charge in [0.05, 0.1) is 6.04 Å². The van der Waals surface area contributed by atoms with Gasteiger partial charge in [0.1, 0.15) is 0 Å². The van der Waals surface area contributed by atoms with Crippen LogP contribution in [0.4, 0.5) is 0 Å². The summed E-state index contributed by atoms with van der Waals surface area (Å²) in [5, 5.41) is 2.87. The molecule has 0 aromatic carbocycles. The molecule has 0 spiro atoms. The monoisotopic (exact) mass is 185 g/mol. The number of piperazine rings is 1. The van der Waals surface area contributed by atoms with Gasteiger partial charge >= 0.3 is 0 Å². The van der Waals surface area contributed by atoms with Crippen molar-refractivity contribution in [3.8, 4) is 0 Å². The fourth-order valence-electron chi connectivity index (χ4n) is 1.81. The number of carbonyl (C=O) groups excluding carboxylic acids is 1. The van der Waals surface area contributed by atoms with Gasteiger partial charge < -0.3 is 11.1 Å². The number of amides is 1. The van der Waals surface area contributed by atoms with Crippen molar-refractivity contribution in [3.05, 3.63) is 0 Å². The van der Waals surface area contributed by atoms with Gasteiger partial charge in [-0.15, -0.1) is 0 Å². The van der Waals surface area contributed by atoms with E-state index in [0.29, 0.717) is 12.6 Å². The molecule has 3 N–H and O–H groups in total. The van der Waals surface area contributed by atoms with E-state index in [1.807, 2.05) is 0 Å². The minimum atomic E-state index is -0.0150. The van der Waals surface area contributed by atoms with Crippen LogP contribution >= 0.6 is 0 Å². The highest BCUT2D eigenvalue weighted by atomic mass is 16.2. The molecule has 1 aliphatic rings. The van der Waals surface area contributed by atoms with Gasteiger partial charge in [0.25, 0.3) is 0 Å². The summed E-state index contributed by atoms with van der Waals surface area (Å²) >= 11 is 0. The summed E-state index contributed by atoms with van der Waals surface area (Å²) in [6.45, 7) is 6.50. The van der Waals surface area contributed by atoms with Crippen molar-refractivity contribution in [2.45, 2.75) is 32.4 Å². The van der Waals surface area contributed by atoms with Crippen molar-refractivity contribution in [2.24, 2.45) is 5.73 Å². The fourth-order valence-corrected chi connectivity index (χ4v) is 1.81. The van der Waals surface area contributed by atoms with E-state index in [2.05, 4.69) is 24.1 Å². The van der Waals surface area contributed by atoms with Crippen molar-refractivity contribution in [3.63, 3.8) is 0 Å². The minimum Gasteiger partial charge on any atom is -0.353 e. The van der Waals surface area contributed by atoms with Crippen molar-refractivity contribution >= 4 is 5.91 Å². The molecule has 1 unspecified atom stereocenters. The molecule has 0 aromatic rings. The van der Waals surface area contributed by atoms with E-state index in [1.54, 1.807) is 0 Å². The average molecular weight is 185 g/mol. The van der Waals surface area contributed by atoms with Crippen LogP contribution in [0.1, 0.15) is 20.3 Å². The van der Waals surface area contributed by atoms with E-state index in [9.17, 15) is 4.79 Å². The zero-order chi connectivity index (χ0) is 9.84. The number of nitrogens with two attached hydrogens (primary N) is 1. The first-order chi connectivity index (χ1) is 6.16. The van der Waals surface area contributed by atoms with Crippen molar-refractivity contribution < 1.29 is 4.79 Å².